The van der Waals surface area contributed by atoms with E-state index in [9.17, 15) is 4.79 Å². The maximum Gasteiger partial charge on any atom is 0.354 e. The van der Waals surface area contributed by atoms with E-state index in [1.54, 1.807) is 6.92 Å². The minimum Gasteiger partial charge on any atom is -0.490 e. The second-order valence-electron chi connectivity index (χ2n) is 5.81. The van der Waals surface area contributed by atoms with Crippen molar-refractivity contribution in [3.05, 3.63) is 44.7 Å². The van der Waals surface area contributed by atoms with Gasteiger partial charge in [0.2, 0.25) is 0 Å². The number of halogens is 1. The number of carbonyl (C=O) groups is 1. The largest absolute Gasteiger partial charge is 0.490 e. The molecule has 1 aromatic carbocycles. The molecule has 0 unspecified atom stereocenters. The van der Waals surface area contributed by atoms with E-state index in [2.05, 4.69) is 9.97 Å². The first kappa shape index (κ1) is 19.1. The lowest BCUT2D eigenvalue weighted by atomic mass is 10.1. The van der Waals surface area contributed by atoms with Crippen molar-refractivity contribution in [1.29, 1.82) is 5.26 Å². The molecular weight excluding hydrogens is 386 g/mol. The van der Waals surface area contributed by atoms with E-state index < -0.39 is 5.97 Å². The van der Waals surface area contributed by atoms with Gasteiger partial charge in [-0.1, -0.05) is 11.6 Å². The Hall–Kier alpha value is -2.69. The van der Waals surface area contributed by atoms with Crippen LogP contribution in [-0.4, -0.2) is 22.5 Å². The van der Waals surface area contributed by atoms with Crippen LogP contribution >= 0.6 is 22.9 Å². The van der Waals surface area contributed by atoms with E-state index in [1.165, 1.54) is 23.5 Å². The molecule has 0 radical (unpaired) electrons. The molecule has 0 saturated heterocycles. The molecule has 2 aromatic heterocycles. The predicted molar refractivity (Wildman–Crippen MR) is 104 cm³/mol. The molecule has 0 atom stereocenters. The third kappa shape index (κ3) is 3.59. The molecule has 0 spiro atoms. The maximum absolute atomic E-state index is 12.8. The molecule has 8 heteroatoms. The molecular formula is C19H16ClN3O3S. The molecule has 0 aliphatic carbocycles. The van der Waals surface area contributed by atoms with Crippen LogP contribution in [0.5, 0.6) is 11.5 Å². The normalized spacial score (nSPS) is 10.7. The summed E-state index contributed by atoms with van der Waals surface area (Å²) in [6.45, 7) is 7.66. The first-order valence-electron chi connectivity index (χ1n) is 8.18. The van der Waals surface area contributed by atoms with Gasteiger partial charge in [-0.05, 0) is 39.3 Å². The number of nitriles is 1. The number of esters is 1. The molecule has 2 heterocycles. The van der Waals surface area contributed by atoms with Crippen molar-refractivity contribution in [3.8, 4) is 17.6 Å². The van der Waals surface area contributed by atoms with Crippen molar-refractivity contribution in [2.75, 3.05) is 6.61 Å². The number of carbonyl (C=O) groups excluding carboxylic acids is 1. The van der Waals surface area contributed by atoms with Gasteiger partial charge in [-0.15, -0.1) is 11.3 Å². The molecule has 6 nitrogen and oxygen atoms in total. The van der Waals surface area contributed by atoms with Crippen LogP contribution in [0.2, 0.25) is 5.02 Å². The van der Waals surface area contributed by atoms with Crippen LogP contribution in [0.1, 0.15) is 39.2 Å². The lowest BCUT2D eigenvalue weighted by Crippen LogP contribution is -2.10. The number of thiophene rings is 1. The second kappa shape index (κ2) is 7.51. The first-order chi connectivity index (χ1) is 12.8. The van der Waals surface area contributed by atoms with Crippen LogP contribution in [0.15, 0.2) is 12.1 Å². The molecule has 3 aromatic rings. The number of hydrogen-bond donors (Lipinski definition) is 0. The third-order valence-corrected chi connectivity index (χ3v) is 5.35. The van der Waals surface area contributed by atoms with Crippen LogP contribution < -0.4 is 9.47 Å². The SMILES string of the molecule is CCOc1cc(C#N)cc(Cl)c1OC(=O)c1sc2nc(C)nc(C)c2c1C. The van der Waals surface area contributed by atoms with Gasteiger partial charge in [0.05, 0.1) is 23.3 Å². The summed E-state index contributed by atoms with van der Waals surface area (Å²) >= 11 is 7.47. The third-order valence-electron chi connectivity index (χ3n) is 3.90. The van der Waals surface area contributed by atoms with Crippen molar-refractivity contribution in [1.82, 2.24) is 9.97 Å². The monoisotopic (exact) mass is 401 g/mol. The highest BCUT2D eigenvalue weighted by atomic mass is 35.5. The Bertz CT molecular complexity index is 1100. The number of fused-ring (bicyclic) bond motifs is 1. The molecule has 0 amide bonds. The first-order valence-corrected chi connectivity index (χ1v) is 9.38. The van der Waals surface area contributed by atoms with Gasteiger partial charge in [0, 0.05) is 17.1 Å². The second-order valence-corrected chi connectivity index (χ2v) is 7.22. The summed E-state index contributed by atoms with van der Waals surface area (Å²) in [6.07, 6.45) is 0. The van der Waals surface area contributed by atoms with Crippen molar-refractivity contribution in [2.24, 2.45) is 0 Å². The number of nitrogens with zero attached hydrogens (tertiary/aromatic N) is 3. The molecule has 27 heavy (non-hydrogen) atoms. The average Bonchev–Trinajstić information content (AvgIpc) is 2.94. The number of aryl methyl sites for hydroxylation is 3. The fourth-order valence-corrected chi connectivity index (χ4v) is 4.21. The maximum atomic E-state index is 12.8. The zero-order valence-corrected chi connectivity index (χ0v) is 16.8. The molecule has 0 aliphatic heterocycles. The van der Waals surface area contributed by atoms with Gasteiger partial charge in [-0.2, -0.15) is 5.26 Å². The Balaban J connectivity index is 2.04. The summed E-state index contributed by atoms with van der Waals surface area (Å²) < 4.78 is 11.0. The Morgan fingerprint density at radius 1 is 1.30 bits per heavy atom. The Labute approximate surface area is 165 Å². The number of rotatable bonds is 4. The van der Waals surface area contributed by atoms with Gasteiger partial charge < -0.3 is 9.47 Å². The number of ether oxygens (including phenoxy) is 2. The van der Waals surface area contributed by atoms with Crippen LogP contribution in [0.25, 0.3) is 10.2 Å². The van der Waals surface area contributed by atoms with E-state index >= 15 is 0 Å². The minimum absolute atomic E-state index is 0.0957. The van der Waals surface area contributed by atoms with Gasteiger partial charge in [-0.25, -0.2) is 14.8 Å². The summed E-state index contributed by atoms with van der Waals surface area (Å²) in [7, 11) is 0. The van der Waals surface area contributed by atoms with E-state index in [4.69, 9.17) is 26.3 Å². The number of aromatic nitrogens is 2. The average molecular weight is 402 g/mol. The van der Waals surface area contributed by atoms with E-state index in [-0.39, 0.29) is 16.5 Å². The van der Waals surface area contributed by atoms with Gasteiger partial charge in [0.25, 0.3) is 0 Å². The fraction of sp³-hybridized carbons (Fsp3) is 0.263. The summed E-state index contributed by atoms with van der Waals surface area (Å²) in [5, 5.41) is 10.1. The predicted octanol–water partition coefficient (Wildman–Crippen LogP) is 4.76. The Kier molecular flexibility index (Phi) is 5.31. The quantitative estimate of drug-likeness (QED) is 0.462. The van der Waals surface area contributed by atoms with Crippen LogP contribution in [-0.2, 0) is 0 Å². The molecule has 0 bridgehead atoms. The standard InChI is InChI=1S/C19H16ClN3O3S/c1-5-25-14-7-12(8-21)6-13(20)16(14)26-19(24)17-9(2)15-10(3)22-11(4)23-18(15)27-17/h6-7H,5H2,1-4H3. The molecule has 0 N–H and O–H groups in total. The number of hydrogen-bond acceptors (Lipinski definition) is 7. The molecule has 3 rings (SSSR count). The summed E-state index contributed by atoms with van der Waals surface area (Å²) in [5.74, 6) is 0.439. The summed E-state index contributed by atoms with van der Waals surface area (Å²) in [6, 6.07) is 4.93. The zero-order valence-electron chi connectivity index (χ0n) is 15.2. The summed E-state index contributed by atoms with van der Waals surface area (Å²) in [4.78, 5) is 22.8. The molecule has 0 fully saturated rings. The van der Waals surface area contributed by atoms with Crippen molar-refractivity contribution in [2.45, 2.75) is 27.7 Å². The fourth-order valence-electron chi connectivity index (χ4n) is 2.80. The van der Waals surface area contributed by atoms with Crippen LogP contribution in [0.4, 0.5) is 0 Å². The van der Waals surface area contributed by atoms with Crippen LogP contribution in [0.3, 0.4) is 0 Å². The van der Waals surface area contributed by atoms with E-state index in [0.29, 0.717) is 22.9 Å². The summed E-state index contributed by atoms with van der Waals surface area (Å²) in [5.41, 5.74) is 1.90. The Morgan fingerprint density at radius 2 is 2.04 bits per heavy atom. The van der Waals surface area contributed by atoms with Crippen molar-refractivity contribution < 1.29 is 14.3 Å². The molecule has 0 saturated carbocycles. The zero-order chi connectivity index (χ0) is 19.7. The van der Waals surface area contributed by atoms with E-state index in [1.807, 2.05) is 26.8 Å². The lowest BCUT2D eigenvalue weighted by molar-refractivity contribution is 0.0733. The van der Waals surface area contributed by atoms with Crippen molar-refractivity contribution >= 4 is 39.1 Å². The van der Waals surface area contributed by atoms with Gasteiger partial charge in [-0.3, -0.25) is 0 Å². The highest BCUT2D eigenvalue weighted by Crippen LogP contribution is 2.38. The number of benzene rings is 1. The van der Waals surface area contributed by atoms with E-state index in [0.717, 1.165) is 21.5 Å². The van der Waals surface area contributed by atoms with Gasteiger partial charge >= 0.3 is 5.97 Å². The molecule has 0 aliphatic rings. The molecule has 138 valence electrons. The highest BCUT2D eigenvalue weighted by molar-refractivity contribution is 7.20. The topological polar surface area (TPSA) is 85.1 Å². The minimum atomic E-state index is -0.555. The van der Waals surface area contributed by atoms with Crippen molar-refractivity contribution in [3.63, 3.8) is 0 Å². The highest BCUT2D eigenvalue weighted by Gasteiger charge is 2.23. The Morgan fingerprint density at radius 3 is 2.70 bits per heavy atom. The van der Waals surface area contributed by atoms with Gasteiger partial charge in [0.1, 0.15) is 15.5 Å². The smallest absolute Gasteiger partial charge is 0.354 e. The van der Waals surface area contributed by atoms with Crippen LogP contribution in [0, 0.1) is 32.1 Å². The lowest BCUT2D eigenvalue weighted by Gasteiger charge is -2.12. The van der Waals surface area contributed by atoms with Gasteiger partial charge in [0.15, 0.2) is 11.5 Å².